The first-order chi connectivity index (χ1) is 13.3. The van der Waals surface area contributed by atoms with E-state index < -0.39 is 5.60 Å². The SMILES string of the molecule is CCN(CC1CCN(C(=NC)NCCc2ccco2)CC1)C(=O)OC(C)(C)C. The molecule has 0 bridgehead atoms. The largest absolute Gasteiger partial charge is 0.469 e. The average molecular weight is 393 g/mol. The van der Waals surface area contributed by atoms with Crippen molar-refractivity contribution in [2.24, 2.45) is 10.9 Å². The van der Waals surface area contributed by atoms with Gasteiger partial charge < -0.3 is 24.3 Å². The molecule has 0 unspecified atom stereocenters. The van der Waals surface area contributed by atoms with Gasteiger partial charge in [-0.25, -0.2) is 4.79 Å². The van der Waals surface area contributed by atoms with Crippen molar-refractivity contribution in [2.45, 2.75) is 52.6 Å². The molecule has 1 aromatic rings. The molecule has 1 N–H and O–H groups in total. The number of carbonyl (C=O) groups is 1. The average Bonchev–Trinajstić information content (AvgIpc) is 3.16. The van der Waals surface area contributed by atoms with Gasteiger partial charge in [0.05, 0.1) is 6.26 Å². The van der Waals surface area contributed by atoms with Crippen LogP contribution in [0.5, 0.6) is 0 Å². The van der Waals surface area contributed by atoms with E-state index in [4.69, 9.17) is 9.15 Å². The third kappa shape index (κ3) is 7.09. The zero-order chi connectivity index (χ0) is 20.6. The van der Waals surface area contributed by atoms with E-state index in [2.05, 4.69) is 15.2 Å². The van der Waals surface area contributed by atoms with Crippen LogP contribution >= 0.6 is 0 Å². The van der Waals surface area contributed by atoms with Gasteiger partial charge in [-0.05, 0) is 58.6 Å². The molecule has 2 heterocycles. The topological polar surface area (TPSA) is 70.3 Å². The first-order valence-electron chi connectivity index (χ1n) is 10.3. The molecule has 0 radical (unpaired) electrons. The summed E-state index contributed by atoms with van der Waals surface area (Å²) in [5.74, 6) is 2.40. The predicted molar refractivity (Wildman–Crippen MR) is 112 cm³/mol. The number of hydrogen-bond donors (Lipinski definition) is 1. The van der Waals surface area contributed by atoms with Crippen LogP contribution in [0, 0.1) is 5.92 Å². The van der Waals surface area contributed by atoms with Crippen LogP contribution < -0.4 is 5.32 Å². The molecule has 1 amide bonds. The Balaban J connectivity index is 1.76. The van der Waals surface area contributed by atoms with Gasteiger partial charge in [-0.2, -0.15) is 0 Å². The number of aliphatic imine (C=N–C) groups is 1. The molecule has 0 atom stereocenters. The molecule has 0 aliphatic carbocycles. The molecule has 1 saturated heterocycles. The Hall–Kier alpha value is -2.18. The van der Waals surface area contributed by atoms with Gasteiger partial charge in [-0.1, -0.05) is 0 Å². The number of nitrogens with zero attached hydrogens (tertiary/aromatic N) is 3. The minimum absolute atomic E-state index is 0.215. The van der Waals surface area contributed by atoms with Crippen molar-refractivity contribution in [2.75, 3.05) is 39.8 Å². The highest BCUT2D eigenvalue weighted by molar-refractivity contribution is 5.80. The Labute approximate surface area is 169 Å². The first kappa shape index (κ1) is 22.1. The molecule has 1 aliphatic heterocycles. The fraction of sp³-hybridized carbons (Fsp3) is 0.714. The van der Waals surface area contributed by atoms with Crippen LogP contribution in [0.3, 0.4) is 0 Å². The molecular weight excluding hydrogens is 356 g/mol. The lowest BCUT2D eigenvalue weighted by Gasteiger charge is -2.36. The summed E-state index contributed by atoms with van der Waals surface area (Å²) in [6, 6.07) is 3.89. The van der Waals surface area contributed by atoms with E-state index in [-0.39, 0.29) is 6.09 Å². The summed E-state index contributed by atoms with van der Waals surface area (Å²) in [5, 5.41) is 3.42. The monoisotopic (exact) mass is 392 g/mol. The predicted octanol–water partition coefficient (Wildman–Crippen LogP) is 3.37. The van der Waals surface area contributed by atoms with Crippen LogP contribution in [-0.2, 0) is 11.2 Å². The van der Waals surface area contributed by atoms with Crippen molar-refractivity contribution in [1.29, 1.82) is 0 Å². The number of amides is 1. The van der Waals surface area contributed by atoms with Gasteiger partial charge >= 0.3 is 6.09 Å². The zero-order valence-electron chi connectivity index (χ0n) is 18.0. The zero-order valence-corrected chi connectivity index (χ0v) is 18.0. The second kappa shape index (κ2) is 10.4. The number of carbonyl (C=O) groups excluding carboxylic acids is 1. The number of nitrogens with one attached hydrogen (secondary N) is 1. The summed E-state index contributed by atoms with van der Waals surface area (Å²) in [6.07, 6.45) is 4.40. The summed E-state index contributed by atoms with van der Waals surface area (Å²) >= 11 is 0. The molecule has 7 heteroatoms. The summed E-state index contributed by atoms with van der Waals surface area (Å²) in [7, 11) is 1.82. The van der Waals surface area contributed by atoms with Crippen LogP contribution in [0.25, 0.3) is 0 Å². The molecule has 7 nitrogen and oxygen atoms in total. The Morgan fingerprint density at radius 3 is 2.64 bits per heavy atom. The molecule has 28 heavy (non-hydrogen) atoms. The minimum Gasteiger partial charge on any atom is -0.469 e. The molecule has 0 aromatic carbocycles. The first-order valence-corrected chi connectivity index (χ1v) is 10.3. The van der Waals surface area contributed by atoms with Crippen LogP contribution in [-0.4, -0.2) is 67.2 Å². The van der Waals surface area contributed by atoms with E-state index in [0.717, 1.165) is 57.2 Å². The number of furan rings is 1. The summed E-state index contributed by atoms with van der Waals surface area (Å²) < 4.78 is 10.9. The van der Waals surface area contributed by atoms with Crippen LogP contribution in [0.15, 0.2) is 27.8 Å². The molecule has 1 aromatic heterocycles. The van der Waals surface area contributed by atoms with Gasteiger partial charge in [0.25, 0.3) is 0 Å². The number of piperidine rings is 1. The highest BCUT2D eigenvalue weighted by Crippen LogP contribution is 2.20. The van der Waals surface area contributed by atoms with E-state index in [1.54, 1.807) is 6.26 Å². The number of guanidine groups is 1. The molecule has 1 fully saturated rings. The van der Waals surface area contributed by atoms with Gasteiger partial charge in [0.1, 0.15) is 11.4 Å². The smallest absolute Gasteiger partial charge is 0.410 e. The minimum atomic E-state index is -0.457. The maximum atomic E-state index is 12.4. The number of likely N-dealkylation sites (tertiary alicyclic amines) is 1. The Kier molecular flexibility index (Phi) is 8.20. The summed E-state index contributed by atoms with van der Waals surface area (Å²) in [6.45, 7) is 11.8. The van der Waals surface area contributed by atoms with Gasteiger partial charge in [0, 0.05) is 46.2 Å². The van der Waals surface area contributed by atoms with Crippen molar-refractivity contribution in [3.63, 3.8) is 0 Å². The van der Waals surface area contributed by atoms with Gasteiger partial charge in [0.15, 0.2) is 5.96 Å². The molecule has 158 valence electrons. The van der Waals surface area contributed by atoms with E-state index in [9.17, 15) is 4.79 Å². The Bertz CT molecular complexity index is 614. The summed E-state index contributed by atoms with van der Waals surface area (Å²) in [5.41, 5.74) is -0.457. The van der Waals surface area contributed by atoms with E-state index in [0.29, 0.717) is 12.5 Å². The van der Waals surface area contributed by atoms with E-state index >= 15 is 0 Å². The van der Waals surface area contributed by atoms with Gasteiger partial charge in [-0.15, -0.1) is 0 Å². The van der Waals surface area contributed by atoms with E-state index in [1.165, 1.54) is 0 Å². The fourth-order valence-corrected chi connectivity index (χ4v) is 3.38. The van der Waals surface area contributed by atoms with Crippen molar-refractivity contribution in [3.8, 4) is 0 Å². The normalized spacial score (nSPS) is 16.2. The van der Waals surface area contributed by atoms with Gasteiger partial charge in [0.2, 0.25) is 0 Å². The number of rotatable bonds is 6. The van der Waals surface area contributed by atoms with Gasteiger partial charge in [-0.3, -0.25) is 4.99 Å². The van der Waals surface area contributed by atoms with Crippen molar-refractivity contribution in [3.05, 3.63) is 24.2 Å². The lowest BCUT2D eigenvalue weighted by molar-refractivity contribution is 0.0214. The van der Waals surface area contributed by atoms with Crippen molar-refractivity contribution >= 4 is 12.1 Å². The molecule has 0 saturated carbocycles. The second-order valence-corrected chi connectivity index (χ2v) is 8.25. The summed E-state index contributed by atoms with van der Waals surface area (Å²) in [4.78, 5) is 20.9. The molecule has 0 spiro atoms. The highest BCUT2D eigenvalue weighted by Gasteiger charge is 2.27. The van der Waals surface area contributed by atoms with Crippen molar-refractivity contribution in [1.82, 2.24) is 15.1 Å². The fourth-order valence-electron chi connectivity index (χ4n) is 3.38. The number of hydrogen-bond acceptors (Lipinski definition) is 4. The van der Waals surface area contributed by atoms with E-state index in [1.807, 2.05) is 51.8 Å². The molecular formula is C21H36N4O3. The second-order valence-electron chi connectivity index (χ2n) is 8.25. The Morgan fingerprint density at radius 1 is 1.39 bits per heavy atom. The lowest BCUT2D eigenvalue weighted by Crippen LogP contribution is -2.48. The third-order valence-corrected chi connectivity index (χ3v) is 4.87. The van der Waals surface area contributed by atoms with Crippen LogP contribution in [0.4, 0.5) is 4.79 Å². The van der Waals surface area contributed by atoms with Crippen molar-refractivity contribution < 1.29 is 13.9 Å². The molecule has 1 aliphatic rings. The quantitative estimate of drug-likeness (QED) is 0.594. The number of ether oxygens (including phenoxy) is 1. The third-order valence-electron chi connectivity index (χ3n) is 4.87. The lowest BCUT2D eigenvalue weighted by atomic mass is 9.96. The van der Waals surface area contributed by atoms with Crippen LogP contribution in [0.2, 0.25) is 0 Å². The Morgan fingerprint density at radius 2 is 2.11 bits per heavy atom. The van der Waals surface area contributed by atoms with Crippen LogP contribution in [0.1, 0.15) is 46.3 Å². The maximum absolute atomic E-state index is 12.4. The highest BCUT2D eigenvalue weighted by atomic mass is 16.6. The maximum Gasteiger partial charge on any atom is 0.410 e. The molecule has 2 rings (SSSR count). The standard InChI is InChI=1S/C21H36N4O3/c1-6-24(20(26)28-21(2,3)4)16-17-10-13-25(14-11-17)19(22-5)23-12-9-18-8-7-15-27-18/h7-8,15,17H,6,9-14,16H2,1-5H3,(H,22,23).